The van der Waals surface area contributed by atoms with Crippen LogP contribution in [0.1, 0.15) is 11.1 Å². The van der Waals surface area contributed by atoms with Crippen molar-refractivity contribution in [3.8, 4) is 0 Å². The molecule has 0 heterocycles. The highest BCUT2D eigenvalue weighted by Crippen LogP contribution is 2.33. The first kappa shape index (κ1) is 19.2. The number of ether oxygens (including phenoxy) is 2. The smallest absolute Gasteiger partial charge is 0.253 e. The molecule has 7 nitrogen and oxygen atoms in total. The number of carbonyl (C=O) groups is 1. The Labute approximate surface area is 156 Å². The Morgan fingerprint density at radius 1 is 0.926 bits per heavy atom. The predicted molar refractivity (Wildman–Crippen MR) is 96.4 cm³/mol. The van der Waals surface area contributed by atoms with Crippen molar-refractivity contribution in [2.24, 2.45) is 5.92 Å². The van der Waals surface area contributed by atoms with Crippen LogP contribution >= 0.6 is 0 Å². The Hall–Kier alpha value is -2.61. The van der Waals surface area contributed by atoms with E-state index in [1.165, 1.54) is 0 Å². The van der Waals surface area contributed by atoms with Gasteiger partial charge < -0.3 is 19.4 Å². The molecule has 0 radical (unpaired) electrons. The van der Waals surface area contributed by atoms with Crippen LogP contribution in [0.5, 0.6) is 0 Å². The fourth-order valence-electron chi connectivity index (χ4n) is 3.39. The minimum atomic E-state index is -1.36. The SMILES string of the molecule is O=C[C@@H]1[C@@H](OCc2ccccc2)[C@H](O)[C@H](OCc2ccccc2)[C@H]1[N+](=O)[O-]. The van der Waals surface area contributed by atoms with Gasteiger partial charge in [-0.15, -0.1) is 0 Å². The van der Waals surface area contributed by atoms with Gasteiger partial charge in [-0.3, -0.25) is 10.1 Å². The summed E-state index contributed by atoms with van der Waals surface area (Å²) in [6.45, 7) is 0.243. The molecule has 27 heavy (non-hydrogen) atoms. The highest BCUT2D eigenvalue weighted by Gasteiger charge is 2.58. The highest BCUT2D eigenvalue weighted by atomic mass is 16.6. The largest absolute Gasteiger partial charge is 0.387 e. The normalized spacial score (nSPS) is 27.4. The second-order valence-corrected chi connectivity index (χ2v) is 6.50. The van der Waals surface area contributed by atoms with Gasteiger partial charge in [-0.1, -0.05) is 60.7 Å². The van der Waals surface area contributed by atoms with Crippen molar-refractivity contribution in [2.75, 3.05) is 0 Å². The second-order valence-electron chi connectivity index (χ2n) is 6.50. The molecule has 0 saturated heterocycles. The molecular formula is C20H21NO6. The molecule has 1 N–H and O–H groups in total. The number of nitro groups is 1. The van der Waals surface area contributed by atoms with E-state index in [0.29, 0.717) is 6.29 Å². The summed E-state index contributed by atoms with van der Waals surface area (Å²) in [6, 6.07) is 17.0. The van der Waals surface area contributed by atoms with Gasteiger partial charge in [-0.25, -0.2) is 0 Å². The molecule has 2 aromatic carbocycles. The summed E-state index contributed by atoms with van der Waals surface area (Å²) in [5, 5.41) is 22.2. The molecule has 0 bridgehead atoms. The maximum Gasteiger partial charge on any atom is 0.253 e. The van der Waals surface area contributed by atoms with Gasteiger partial charge in [0.15, 0.2) is 6.10 Å². The first-order chi connectivity index (χ1) is 13.1. The third-order valence-corrected chi connectivity index (χ3v) is 4.75. The fourth-order valence-corrected chi connectivity index (χ4v) is 3.39. The number of aliphatic hydroxyl groups is 1. The number of aldehydes is 1. The van der Waals surface area contributed by atoms with Gasteiger partial charge in [0.05, 0.1) is 13.2 Å². The molecule has 0 aliphatic heterocycles. The number of benzene rings is 2. The number of hydrogen-bond donors (Lipinski definition) is 1. The zero-order chi connectivity index (χ0) is 19.2. The summed E-state index contributed by atoms with van der Waals surface area (Å²) < 4.78 is 11.4. The van der Waals surface area contributed by atoms with Crippen LogP contribution in [0, 0.1) is 16.0 Å². The maximum atomic E-state index is 11.6. The van der Waals surface area contributed by atoms with E-state index in [2.05, 4.69) is 0 Å². The van der Waals surface area contributed by atoms with E-state index >= 15 is 0 Å². The maximum absolute atomic E-state index is 11.6. The van der Waals surface area contributed by atoms with Gasteiger partial charge in [0.25, 0.3) is 6.04 Å². The van der Waals surface area contributed by atoms with E-state index in [1.54, 1.807) is 0 Å². The second kappa shape index (κ2) is 8.85. The third-order valence-electron chi connectivity index (χ3n) is 4.75. The number of aliphatic hydroxyl groups excluding tert-OH is 1. The topological polar surface area (TPSA) is 98.9 Å². The van der Waals surface area contributed by atoms with Crippen LogP contribution in [0.4, 0.5) is 0 Å². The average molecular weight is 371 g/mol. The van der Waals surface area contributed by atoms with Crippen LogP contribution in [0.2, 0.25) is 0 Å². The quantitative estimate of drug-likeness (QED) is 0.433. The van der Waals surface area contributed by atoms with Crippen molar-refractivity contribution in [1.82, 2.24) is 0 Å². The molecule has 0 unspecified atom stereocenters. The van der Waals surface area contributed by atoms with Crippen molar-refractivity contribution >= 4 is 6.29 Å². The minimum absolute atomic E-state index is 0.101. The first-order valence-electron chi connectivity index (χ1n) is 8.69. The van der Waals surface area contributed by atoms with E-state index in [9.17, 15) is 20.0 Å². The molecule has 5 atom stereocenters. The lowest BCUT2D eigenvalue weighted by atomic mass is 10.0. The van der Waals surface area contributed by atoms with E-state index in [1.807, 2.05) is 60.7 Å². The van der Waals surface area contributed by atoms with Crippen molar-refractivity contribution in [3.05, 3.63) is 81.9 Å². The minimum Gasteiger partial charge on any atom is -0.387 e. The third kappa shape index (κ3) is 4.39. The summed E-state index contributed by atoms with van der Waals surface area (Å²) in [7, 11) is 0. The first-order valence-corrected chi connectivity index (χ1v) is 8.69. The van der Waals surface area contributed by atoms with Gasteiger partial charge in [-0.2, -0.15) is 0 Å². The number of hydrogen-bond acceptors (Lipinski definition) is 6. The molecule has 3 rings (SSSR count). The fraction of sp³-hybridized carbons (Fsp3) is 0.350. The Balaban J connectivity index is 1.73. The van der Waals surface area contributed by atoms with Crippen molar-refractivity contribution in [2.45, 2.75) is 37.6 Å². The molecular weight excluding hydrogens is 350 g/mol. The Morgan fingerprint density at radius 3 is 1.85 bits per heavy atom. The van der Waals surface area contributed by atoms with Crippen molar-refractivity contribution < 1.29 is 24.3 Å². The van der Waals surface area contributed by atoms with Gasteiger partial charge in [0, 0.05) is 4.92 Å². The predicted octanol–water partition coefficient (Wildman–Crippen LogP) is 1.99. The molecule has 142 valence electrons. The molecule has 1 saturated carbocycles. The zero-order valence-electron chi connectivity index (χ0n) is 14.6. The van der Waals surface area contributed by atoms with Crippen molar-refractivity contribution in [1.29, 1.82) is 0 Å². The molecule has 0 aromatic heterocycles. The number of carbonyl (C=O) groups excluding carboxylic acids is 1. The van der Waals surface area contributed by atoms with Gasteiger partial charge in [-0.05, 0) is 11.1 Å². The lowest BCUT2D eigenvalue weighted by Gasteiger charge is -2.20. The van der Waals surface area contributed by atoms with Crippen LogP contribution in [0.25, 0.3) is 0 Å². The summed E-state index contributed by atoms with van der Waals surface area (Å²) in [4.78, 5) is 22.6. The summed E-state index contributed by atoms with van der Waals surface area (Å²) in [5.41, 5.74) is 1.67. The van der Waals surface area contributed by atoms with Crippen LogP contribution in [-0.4, -0.2) is 40.7 Å². The summed E-state index contributed by atoms with van der Waals surface area (Å²) in [6.07, 6.45) is -2.92. The molecule has 1 aliphatic carbocycles. The van der Waals surface area contributed by atoms with Crippen LogP contribution < -0.4 is 0 Å². The van der Waals surface area contributed by atoms with E-state index in [-0.39, 0.29) is 13.2 Å². The molecule has 0 spiro atoms. The summed E-state index contributed by atoms with van der Waals surface area (Å²) in [5.74, 6) is -1.08. The Kier molecular flexibility index (Phi) is 6.28. The lowest BCUT2D eigenvalue weighted by molar-refractivity contribution is -0.538. The van der Waals surface area contributed by atoms with Crippen molar-refractivity contribution in [3.63, 3.8) is 0 Å². The number of nitrogens with zero attached hydrogens (tertiary/aromatic N) is 1. The van der Waals surface area contributed by atoms with Crippen LogP contribution in [0.3, 0.4) is 0 Å². The summed E-state index contributed by atoms with van der Waals surface area (Å²) >= 11 is 0. The highest BCUT2D eigenvalue weighted by molar-refractivity contribution is 5.57. The van der Waals surface area contributed by atoms with Gasteiger partial charge in [0.1, 0.15) is 24.4 Å². The standard InChI is InChI=1S/C20H21NO6/c22-11-16-17(21(24)25)20(27-13-15-9-5-2-6-10-15)18(23)19(16)26-12-14-7-3-1-4-8-14/h1-11,16-20,23H,12-13H2/t16-,17-,18-,19+,20+/m0/s1. The lowest BCUT2D eigenvalue weighted by Crippen LogP contribution is -2.39. The molecule has 1 aliphatic rings. The molecule has 7 heteroatoms. The van der Waals surface area contributed by atoms with Crippen LogP contribution in [0.15, 0.2) is 60.7 Å². The monoisotopic (exact) mass is 371 g/mol. The molecule has 1 fully saturated rings. The van der Waals surface area contributed by atoms with Gasteiger partial charge in [0.2, 0.25) is 0 Å². The molecule has 2 aromatic rings. The van der Waals surface area contributed by atoms with E-state index in [0.717, 1.165) is 11.1 Å². The molecule has 0 amide bonds. The Bertz CT molecular complexity index is 754. The van der Waals surface area contributed by atoms with Gasteiger partial charge >= 0.3 is 0 Å². The van der Waals surface area contributed by atoms with Crippen LogP contribution in [-0.2, 0) is 27.5 Å². The van der Waals surface area contributed by atoms with E-state index in [4.69, 9.17) is 9.47 Å². The average Bonchev–Trinajstić information content (AvgIpc) is 2.97. The van der Waals surface area contributed by atoms with E-state index < -0.39 is 35.2 Å². The zero-order valence-corrected chi connectivity index (χ0v) is 14.6. The number of rotatable bonds is 8. The Morgan fingerprint density at radius 2 is 1.41 bits per heavy atom.